The monoisotopic (exact) mass is 492 g/mol. The summed E-state index contributed by atoms with van der Waals surface area (Å²) in [7, 11) is 0. The summed E-state index contributed by atoms with van der Waals surface area (Å²) in [5.74, 6) is 6.56. The van der Waals surface area contributed by atoms with Gasteiger partial charge in [-0.1, -0.05) is 18.1 Å². The molecule has 2 bridgehead atoms. The van der Waals surface area contributed by atoms with Gasteiger partial charge in [-0.3, -0.25) is 4.79 Å². The summed E-state index contributed by atoms with van der Waals surface area (Å²) in [5, 5.41) is 10.9. The Morgan fingerprint density at radius 3 is 2.68 bits per heavy atom. The van der Waals surface area contributed by atoms with Gasteiger partial charge in [0.05, 0.1) is 23.1 Å². The number of rotatable bonds is 2. The van der Waals surface area contributed by atoms with Crippen molar-refractivity contribution >= 4 is 16.9 Å². The van der Waals surface area contributed by atoms with Crippen LogP contribution in [-0.2, 0) is 5.60 Å². The Hall–Kier alpha value is -4.02. The van der Waals surface area contributed by atoms with Gasteiger partial charge in [-0.2, -0.15) is 0 Å². The molecule has 1 fully saturated rings. The molecule has 1 amide bonds. The minimum Gasteiger partial charge on any atom is -0.382 e. The largest absolute Gasteiger partial charge is 0.382 e. The first-order valence-corrected chi connectivity index (χ1v) is 12.7. The zero-order valence-corrected chi connectivity index (χ0v) is 20.4. The van der Waals surface area contributed by atoms with Gasteiger partial charge in [-0.25, -0.2) is 15.0 Å². The molecule has 0 saturated heterocycles. The lowest BCUT2D eigenvalue weighted by atomic mass is 9.93. The fourth-order valence-electron chi connectivity index (χ4n) is 6.27. The molecule has 2 atom stereocenters. The van der Waals surface area contributed by atoms with Crippen molar-refractivity contribution in [2.75, 3.05) is 6.98 Å². The Bertz CT molecular complexity index is 1740. The number of carbonyl (C=O) groups is 1. The van der Waals surface area contributed by atoms with Crippen molar-refractivity contribution in [3.63, 3.8) is 0 Å². The first-order valence-electron chi connectivity index (χ1n) is 14.2. The molecule has 37 heavy (non-hydrogen) atoms. The topological polar surface area (TPSA) is 84.1 Å². The zero-order valence-electron chi connectivity index (χ0n) is 23.4. The van der Waals surface area contributed by atoms with Crippen molar-refractivity contribution in [3.8, 4) is 23.0 Å². The Morgan fingerprint density at radius 2 is 1.92 bits per heavy atom. The molecule has 2 aliphatic heterocycles. The Kier molecular flexibility index (Phi) is 4.13. The van der Waals surface area contributed by atoms with Crippen molar-refractivity contribution in [3.05, 3.63) is 77.1 Å². The fraction of sp³-hybridized carbons (Fsp3) is 0.333. The molecule has 7 heteroatoms. The van der Waals surface area contributed by atoms with Gasteiger partial charge >= 0.3 is 0 Å². The number of amides is 1. The SMILES string of the molecule is [2H]C([2H])([2H])N1C(=O)c2cccc(C#CC)c2[C@H]2C[C@@H]1c1nc3ccc(-c4cnc(C5(O)CCCC5)nc4)cc3n12. The van der Waals surface area contributed by atoms with E-state index in [0.717, 1.165) is 39.9 Å². The predicted octanol–water partition coefficient (Wildman–Crippen LogP) is 4.75. The number of hydrogen-bond donors (Lipinski definition) is 1. The molecule has 2 aromatic carbocycles. The number of benzene rings is 2. The van der Waals surface area contributed by atoms with Gasteiger partial charge in [-0.05, 0) is 62.4 Å². The van der Waals surface area contributed by atoms with Crippen LogP contribution in [0.2, 0.25) is 0 Å². The van der Waals surface area contributed by atoms with Crippen LogP contribution in [-0.4, -0.2) is 42.4 Å². The van der Waals surface area contributed by atoms with Crippen LogP contribution in [0.1, 0.15) is 88.4 Å². The van der Waals surface area contributed by atoms with Crippen LogP contribution >= 0.6 is 0 Å². The van der Waals surface area contributed by atoms with Gasteiger partial charge in [0, 0.05) is 52.2 Å². The van der Waals surface area contributed by atoms with Crippen LogP contribution in [0.4, 0.5) is 0 Å². The number of aromatic nitrogens is 4. The summed E-state index contributed by atoms with van der Waals surface area (Å²) in [6, 6.07) is 10.2. The van der Waals surface area contributed by atoms with Gasteiger partial charge in [0.2, 0.25) is 0 Å². The summed E-state index contributed by atoms with van der Waals surface area (Å²) in [6.45, 7) is -0.894. The maximum absolute atomic E-state index is 13.7. The molecule has 1 saturated carbocycles. The van der Waals surface area contributed by atoms with E-state index in [1.54, 1.807) is 31.5 Å². The number of hydrogen-bond acceptors (Lipinski definition) is 5. The lowest BCUT2D eigenvalue weighted by molar-refractivity contribution is 0.0351. The second-order valence-electron chi connectivity index (χ2n) is 10.2. The minimum atomic E-state index is -2.64. The second-order valence-corrected chi connectivity index (χ2v) is 10.2. The average molecular weight is 493 g/mol. The normalized spacial score (nSPS) is 22.9. The Morgan fingerprint density at radius 1 is 1.11 bits per heavy atom. The van der Waals surface area contributed by atoms with Crippen molar-refractivity contribution in [1.29, 1.82) is 0 Å². The molecule has 4 aromatic rings. The second kappa shape index (κ2) is 7.99. The molecule has 1 N–H and O–H groups in total. The highest BCUT2D eigenvalue weighted by Crippen LogP contribution is 2.48. The number of nitrogens with zero attached hydrogens (tertiary/aromatic N) is 5. The fourth-order valence-corrected chi connectivity index (χ4v) is 6.27. The van der Waals surface area contributed by atoms with E-state index in [-0.39, 0.29) is 6.04 Å². The molecule has 4 heterocycles. The van der Waals surface area contributed by atoms with Crippen molar-refractivity contribution < 1.29 is 14.0 Å². The first kappa shape index (κ1) is 19.1. The van der Waals surface area contributed by atoms with Crippen molar-refractivity contribution in [2.24, 2.45) is 0 Å². The lowest BCUT2D eigenvalue weighted by Crippen LogP contribution is -2.30. The predicted molar refractivity (Wildman–Crippen MR) is 140 cm³/mol. The quantitative estimate of drug-likeness (QED) is 0.409. The number of aliphatic hydroxyl groups is 1. The standard InChI is InChI=1S/C30H27N5O2/c1-3-7-18-8-6-9-21-26(18)24-15-25(34(2)28(21)36)27-33-22-11-10-19(14-23(22)35(24)27)20-16-31-29(32-17-20)30(37)12-4-5-13-30/h6,8-11,14,16-17,24-25,37H,4-5,12-13,15H2,1-2H3/t24-,25-/m1/s1/i2D3. The Labute approximate surface area is 219 Å². The maximum Gasteiger partial charge on any atom is 0.254 e. The van der Waals surface area contributed by atoms with E-state index in [9.17, 15) is 9.90 Å². The van der Waals surface area contributed by atoms with Crippen LogP contribution in [0, 0.1) is 11.8 Å². The highest BCUT2D eigenvalue weighted by molar-refractivity contribution is 5.98. The van der Waals surface area contributed by atoms with E-state index in [1.165, 1.54) is 0 Å². The van der Waals surface area contributed by atoms with E-state index in [2.05, 4.69) is 26.4 Å². The zero-order chi connectivity index (χ0) is 27.8. The van der Waals surface area contributed by atoms with Gasteiger partial charge in [0.1, 0.15) is 11.4 Å². The number of fused-ring (bicyclic) bond motifs is 9. The average Bonchev–Trinajstić information content (AvgIpc) is 3.61. The Balaban J connectivity index is 1.40. The summed E-state index contributed by atoms with van der Waals surface area (Å²) in [5.41, 5.74) is 4.09. The lowest BCUT2D eigenvalue weighted by Gasteiger charge is -2.24. The van der Waals surface area contributed by atoms with Crippen molar-refractivity contribution in [1.82, 2.24) is 24.4 Å². The first-order chi connectivity index (χ1) is 19.2. The van der Waals surface area contributed by atoms with Gasteiger partial charge in [-0.15, -0.1) is 5.92 Å². The maximum atomic E-state index is 13.7. The molecule has 7 nitrogen and oxygen atoms in total. The third-order valence-electron chi connectivity index (χ3n) is 8.07. The van der Waals surface area contributed by atoms with Crippen LogP contribution in [0.3, 0.4) is 0 Å². The summed E-state index contributed by atoms with van der Waals surface area (Å²) >= 11 is 0. The van der Waals surface area contributed by atoms with Crippen LogP contribution < -0.4 is 0 Å². The van der Waals surface area contributed by atoms with E-state index >= 15 is 0 Å². The number of imidazole rings is 1. The molecule has 0 unspecified atom stereocenters. The molecule has 7 rings (SSSR count). The van der Waals surface area contributed by atoms with E-state index < -0.39 is 24.5 Å². The van der Waals surface area contributed by atoms with Crippen molar-refractivity contribution in [2.45, 2.75) is 56.7 Å². The summed E-state index contributed by atoms with van der Waals surface area (Å²) < 4.78 is 26.8. The van der Waals surface area contributed by atoms with E-state index in [1.807, 2.05) is 24.3 Å². The highest BCUT2D eigenvalue weighted by Gasteiger charge is 2.44. The molecule has 0 radical (unpaired) electrons. The van der Waals surface area contributed by atoms with Crippen LogP contribution in [0.15, 0.2) is 48.8 Å². The van der Waals surface area contributed by atoms with E-state index in [4.69, 9.17) is 9.10 Å². The third kappa shape index (κ3) is 3.19. The molecule has 1 aliphatic carbocycles. The van der Waals surface area contributed by atoms with E-state index in [0.29, 0.717) is 47.6 Å². The highest BCUT2D eigenvalue weighted by atomic mass is 16.3. The number of carbonyl (C=O) groups excluding carboxylic acids is 1. The van der Waals surface area contributed by atoms with Crippen LogP contribution in [0.5, 0.6) is 0 Å². The van der Waals surface area contributed by atoms with Gasteiger partial charge in [0.15, 0.2) is 5.82 Å². The molecule has 3 aliphatic rings. The van der Waals surface area contributed by atoms with Crippen LogP contribution in [0.25, 0.3) is 22.2 Å². The molecular formula is C30H27N5O2. The van der Waals surface area contributed by atoms with Gasteiger partial charge in [0.25, 0.3) is 5.91 Å². The molecular weight excluding hydrogens is 462 g/mol. The summed E-state index contributed by atoms with van der Waals surface area (Å²) in [6.07, 6.45) is 7.15. The molecule has 184 valence electrons. The molecule has 2 aromatic heterocycles. The minimum absolute atomic E-state index is 0.307. The smallest absolute Gasteiger partial charge is 0.254 e. The van der Waals surface area contributed by atoms with Gasteiger partial charge < -0.3 is 14.6 Å². The third-order valence-corrected chi connectivity index (χ3v) is 8.07. The summed E-state index contributed by atoms with van der Waals surface area (Å²) in [4.78, 5) is 28.6. The molecule has 0 spiro atoms.